The van der Waals surface area contributed by atoms with Crippen molar-refractivity contribution < 1.29 is 4.79 Å². The van der Waals surface area contributed by atoms with Crippen molar-refractivity contribution in [2.24, 2.45) is 0 Å². The molecule has 0 aliphatic heterocycles. The van der Waals surface area contributed by atoms with Gasteiger partial charge in [0, 0.05) is 21.1 Å². The molecule has 0 fully saturated rings. The number of nitrogens with zero attached hydrogens (tertiary/aromatic N) is 1. The predicted molar refractivity (Wildman–Crippen MR) is 90.9 cm³/mol. The van der Waals surface area contributed by atoms with Crippen molar-refractivity contribution in [3.05, 3.63) is 63.8 Å². The third kappa shape index (κ3) is 2.90. The number of rotatable bonds is 3. The Kier molecular flexibility index (Phi) is 3.98. The molecule has 112 valence electrons. The second-order valence-electron chi connectivity index (χ2n) is 5.33. The van der Waals surface area contributed by atoms with Crippen molar-refractivity contribution >= 4 is 32.7 Å². The molecule has 5 heteroatoms. The average molecular weight is 358 g/mol. The van der Waals surface area contributed by atoms with E-state index in [9.17, 15) is 4.79 Å². The van der Waals surface area contributed by atoms with E-state index < -0.39 is 0 Å². The number of amides is 1. The largest absolute Gasteiger partial charge is 0.346 e. The van der Waals surface area contributed by atoms with E-state index in [0.29, 0.717) is 5.56 Å². The molecule has 0 saturated heterocycles. The fraction of sp³-hybridized carbons (Fsp3) is 0.176. The van der Waals surface area contributed by atoms with Crippen molar-refractivity contribution in [3.8, 4) is 0 Å². The number of aromatic amines is 1. The molecule has 3 aromatic rings. The summed E-state index contributed by atoms with van der Waals surface area (Å²) in [5, 5.41) is 11.1. The van der Waals surface area contributed by atoms with Gasteiger partial charge in [-0.05, 0) is 49.7 Å². The molecule has 1 amide bonds. The van der Waals surface area contributed by atoms with Crippen LogP contribution in [0.4, 0.5) is 0 Å². The molecule has 0 aliphatic rings. The topological polar surface area (TPSA) is 57.8 Å². The summed E-state index contributed by atoms with van der Waals surface area (Å²) < 4.78 is 1.02. The van der Waals surface area contributed by atoms with Gasteiger partial charge in [0.25, 0.3) is 5.91 Å². The summed E-state index contributed by atoms with van der Waals surface area (Å²) in [6.45, 7) is 3.92. The molecular formula is C17H16BrN3O. The first kappa shape index (κ1) is 14.8. The average Bonchev–Trinajstić information content (AvgIpc) is 2.88. The summed E-state index contributed by atoms with van der Waals surface area (Å²) in [5.74, 6) is -0.0853. The molecule has 2 aromatic carbocycles. The third-order valence-corrected chi connectivity index (χ3v) is 4.25. The maximum Gasteiger partial charge on any atom is 0.251 e. The van der Waals surface area contributed by atoms with Crippen LogP contribution >= 0.6 is 15.9 Å². The number of fused-ring (bicyclic) bond motifs is 1. The lowest BCUT2D eigenvalue weighted by molar-refractivity contribution is 0.0940. The minimum atomic E-state index is -0.0853. The van der Waals surface area contributed by atoms with Gasteiger partial charge in [0.2, 0.25) is 0 Å². The Hall–Kier alpha value is -2.14. The number of benzene rings is 2. The summed E-state index contributed by atoms with van der Waals surface area (Å²) in [7, 11) is 0. The molecule has 0 spiro atoms. The van der Waals surface area contributed by atoms with E-state index in [1.54, 1.807) is 6.07 Å². The van der Waals surface area contributed by atoms with E-state index in [4.69, 9.17) is 0 Å². The van der Waals surface area contributed by atoms with Crippen molar-refractivity contribution in [2.75, 3.05) is 0 Å². The van der Waals surface area contributed by atoms with Crippen LogP contribution in [0, 0.1) is 6.92 Å². The number of nitrogens with one attached hydrogen (secondary N) is 2. The molecule has 0 aliphatic carbocycles. The van der Waals surface area contributed by atoms with E-state index in [1.165, 1.54) is 0 Å². The molecule has 2 N–H and O–H groups in total. The van der Waals surface area contributed by atoms with Crippen molar-refractivity contribution in [1.82, 2.24) is 15.5 Å². The highest BCUT2D eigenvalue weighted by Crippen LogP contribution is 2.19. The highest BCUT2D eigenvalue weighted by Gasteiger charge is 2.13. The lowest BCUT2D eigenvalue weighted by Crippen LogP contribution is -2.26. The first-order valence-corrected chi connectivity index (χ1v) is 7.85. The summed E-state index contributed by atoms with van der Waals surface area (Å²) in [6.07, 6.45) is 0. The second-order valence-corrected chi connectivity index (χ2v) is 6.24. The van der Waals surface area contributed by atoms with Crippen LogP contribution in [0.5, 0.6) is 0 Å². The number of hydrogen-bond acceptors (Lipinski definition) is 2. The maximum atomic E-state index is 12.4. The van der Waals surface area contributed by atoms with E-state index in [0.717, 1.165) is 26.6 Å². The molecule has 1 atom stereocenters. The Bertz CT molecular complexity index is 824. The van der Waals surface area contributed by atoms with Gasteiger partial charge in [-0.15, -0.1) is 0 Å². The van der Waals surface area contributed by atoms with Gasteiger partial charge in [-0.25, -0.2) is 0 Å². The summed E-state index contributed by atoms with van der Waals surface area (Å²) in [5.41, 5.74) is 3.54. The Morgan fingerprint density at radius 1 is 1.23 bits per heavy atom. The van der Waals surface area contributed by atoms with Crippen LogP contribution in [0.25, 0.3) is 10.9 Å². The second kappa shape index (κ2) is 5.93. The van der Waals surface area contributed by atoms with E-state index >= 15 is 0 Å². The zero-order valence-corrected chi connectivity index (χ0v) is 13.9. The van der Waals surface area contributed by atoms with Crippen LogP contribution < -0.4 is 5.32 Å². The van der Waals surface area contributed by atoms with Gasteiger partial charge in [-0.3, -0.25) is 9.89 Å². The minimum absolute atomic E-state index is 0.0539. The van der Waals surface area contributed by atoms with Gasteiger partial charge in [0.1, 0.15) is 0 Å². The standard InChI is InChI=1S/C17H16BrN3O/c1-10(12-3-6-14(18)7-4-12)19-17(22)13-5-8-16-15(9-13)11(2)20-21-16/h3-10H,1-2H3,(H,19,22)(H,20,21)/t10-/m0/s1. The number of H-pyrrole nitrogens is 1. The lowest BCUT2D eigenvalue weighted by Gasteiger charge is -2.14. The molecule has 3 rings (SSSR count). The normalized spacial score (nSPS) is 12.3. The number of carbonyl (C=O) groups is 1. The van der Waals surface area contributed by atoms with Gasteiger partial charge in [0.15, 0.2) is 0 Å². The number of aryl methyl sites for hydroxylation is 1. The molecule has 0 saturated carbocycles. The van der Waals surface area contributed by atoms with E-state index in [2.05, 4.69) is 31.4 Å². The number of aromatic nitrogens is 2. The first-order valence-electron chi connectivity index (χ1n) is 7.05. The van der Waals surface area contributed by atoms with Crippen LogP contribution in [-0.4, -0.2) is 16.1 Å². The fourth-order valence-electron chi connectivity index (χ4n) is 2.39. The lowest BCUT2D eigenvalue weighted by atomic mass is 10.1. The SMILES string of the molecule is Cc1[nH]nc2ccc(C(=O)N[C@@H](C)c3ccc(Br)cc3)cc12. The molecule has 4 nitrogen and oxygen atoms in total. The van der Waals surface area contributed by atoms with Gasteiger partial charge >= 0.3 is 0 Å². The quantitative estimate of drug-likeness (QED) is 0.740. The molecule has 22 heavy (non-hydrogen) atoms. The van der Waals surface area contributed by atoms with Gasteiger partial charge in [0.05, 0.1) is 11.6 Å². The van der Waals surface area contributed by atoms with Crippen LogP contribution in [0.15, 0.2) is 46.9 Å². The summed E-state index contributed by atoms with van der Waals surface area (Å²) in [6, 6.07) is 13.4. The molecule has 0 bridgehead atoms. The molecule has 1 heterocycles. The Morgan fingerprint density at radius 2 is 1.95 bits per heavy atom. The van der Waals surface area contributed by atoms with Gasteiger partial charge in [-0.2, -0.15) is 5.10 Å². The minimum Gasteiger partial charge on any atom is -0.346 e. The Morgan fingerprint density at radius 3 is 2.68 bits per heavy atom. The summed E-state index contributed by atoms with van der Waals surface area (Å²) in [4.78, 5) is 12.4. The smallest absolute Gasteiger partial charge is 0.251 e. The number of halogens is 1. The Balaban J connectivity index is 1.80. The number of carbonyl (C=O) groups excluding carboxylic acids is 1. The highest BCUT2D eigenvalue weighted by molar-refractivity contribution is 9.10. The maximum absolute atomic E-state index is 12.4. The molecule has 0 radical (unpaired) electrons. The van der Waals surface area contributed by atoms with Gasteiger partial charge < -0.3 is 5.32 Å². The Labute approximate surface area is 137 Å². The van der Waals surface area contributed by atoms with E-state index in [-0.39, 0.29) is 11.9 Å². The predicted octanol–water partition coefficient (Wildman–Crippen LogP) is 4.12. The van der Waals surface area contributed by atoms with Crippen molar-refractivity contribution in [3.63, 3.8) is 0 Å². The van der Waals surface area contributed by atoms with Crippen molar-refractivity contribution in [2.45, 2.75) is 19.9 Å². The van der Waals surface area contributed by atoms with Crippen LogP contribution in [0.2, 0.25) is 0 Å². The third-order valence-electron chi connectivity index (χ3n) is 3.72. The molecule has 0 unspecified atom stereocenters. The van der Waals surface area contributed by atoms with Crippen LogP contribution in [0.3, 0.4) is 0 Å². The van der Waals surface area contributed by atoms with Gasteiger partial charge in [-0.1, -0.05) is 28.1 Å². The van der Waals surface area contributed by atoms with Crippen LogP contribution in [0.1, 0.15) is 34.6 Å². The first-order chi connectivity index (χ1) is 10.5. The van der Waals surface area contributed by atoms with Crippen molar-refractivity contribution in [1.29, 1.82) is 0 Å². The molecule has 1 aromatic heterocycles. The highest BCUT2D eigenvalue weighted by atomic mass is 79.9. The summed E-state index contributed by atoms with van der Waals surface area (Å²) >= 11 is 3.41. The zero-order valence-electron chi connectivity index (χ0n) is 12.4. The van der Waals surface area contributed by atoms with Crippen LogP contribution in [-0.2, 0) is 0 Å². The number of hydrogen-bond donors (Lipinski definition) is 2. The fourth-order valence-corrected chi connectivity index (χ4v) is 2.66. The zero-order chi connectivity index (χ0) is 15.7. The molecular weight excluding hydrogens is 342 g/mol. The monoisotopic (exact) mass is 357 g/mol. The van der Waals surface area contributed by atoms with E-state index in [1.807, 2.05) is 50.2 Å².